The Morgan fingerprint density at radius 2 is 1.00 bits per heavy atom. The van der Waals surface area contributed by atoms with Crippen LogP contribution in [-0.4, -0.2) is 17.3 Å². The second-order valence-electron chi connectivity index (χ2n) is 4.49. The highest BCUT2D eigenvalue weighted by Gasteiger charge is 2.47. The lowest BCUT2D eigenvalue weighted by Gasteiger charge is -2.15. The molecule has 0 fully saturated rings. The summed E-state index contributed by atoms with van der Waals surface area (Å²) in [5.41, 5.74) is -0.192. The molecule has 1 heterocycles. The molecular weight excluding hydrogens is 317 g/mol. The van der Waals surface area contributed by atoms with E-state index < -0.39 is 5.92 Å². The van der Waals surface area contributed by atoms with Crippen molar-refractivity contribution in [3.63, 3.8) is 0 Å². The number of alkyl halides is 2. The standard InChI is InChI=1S/C15H8Cl2F2N2/c16-11-5-1-9(2-6-11)13-15(18,19)14(21-20-13)10-3-7-12(17)8-4-10/h1-8H. The van der Waals surface area contributed by atoms with E-state index in [1.54, 1.807) is 0 Å². The van der Waals surface area contributed by atoms with Crippen LogP contribution >= 0.6 is 23.2 Å². The van der Waals surface area contributed by atoms with E-state index in [2.05, 4.69) is 10.2 Å². The van der Waals surface area contributed by atoms with Crippen molar-refractivity contribution in [2.45, 2.75) is 5.92 Å². The number of benzene rings is 2. The fraction of sp³-hybridized carbons (Fsp3) is 0.0667. The van der Waals surface area contributed by atoms with Crippen LogP contribution in [0, 0.1) is 0 Å². The quantitative estimate of drug-likeness (QED) is 0.755. The molecule has 0 atom stereocenters. The van der Waals surface area contributed by atoms with Crippen LogP contribution < -0.4 is 0 Å². The second kappa shape index (κ2) is 5.20. The zero-order valence-electron chi connectivity index (χ0n) is 10.5. The van der Waals surface area contributed by atoms with E-state index in [4.69, 9.17) is 23.2 Å². The lowest BCUT2D eigenvalue weighted by molar-refractivity contribution is 0.162. The van der Waals surface area contributed by atoms with Crippen LogP contribution in [0.3, 0.4) is 0 Å². The zero-order valence-corrected chi connectivity index (χ0v) is 12.0. The van der Waals surface area contributed by atoms with Crippen LogP contribution in [0.2, 0.25) is 10.0 Å². The molecule has 0 spiro atoms. The van der Waals surface area contributed by atoms with E-state index in [0.717, 1.165) is 0 Å². The van der Waals surface area contributed by atoms with E-state index >= 15 is 0 Å². The summed E-state index contributed by atoms with van der Waals surface area (Å²) in [4.78, 5) is 0. The van der Waals surface area contributed by atoms with E-state index in [9.17, 15) is 8.78 Å². The van der Waals surface area contributed by atoms with Gasteiger partial charge in [-0.2, -0.15) is 8.78 Å². The molecule has 1 aliphatic rings. The second-order valence-corrected chi connectivity index (χ2v) is 5.36. The summed E-state index contributed by atoms with van der Waals surface area (Å²) in [5.74, 6) is -3.26. The first kappa shape index (κ1) is 14.2. The summed E-state index contributed by atoms with van der Waals surface area (Å²) < 4.78 is 29.0. The van der Waals surface area contributed by atoms with Crippen LogP contribution in [0.15, 0.2) is 58.7 Å². The molecule has 0 amide bonds. The van der Waals surface area contributed by atoms with Gasteiger partial charge in [0.2, 0.25) is 0 Å². The van der Waals surface area contributed by atoms with E-state index in [-0.39, 0.29) is 22.6 Å². The maximum atomic E-state index is 14.5. The van der Waals surface area contributed by atoms with Crippen LogP contribution in [0.4, 0.5) is 8.78 Å². The van der Waals surface area contributed by atoms with Gasteiger partial charge >= 0.3 is 5.92 Å². The minimum Gasteiger partial charge on any atom is -0.192 e. The molecule has 106 valence electrons. The van der Waals surface area contributed by atoms with Crippen molar-refractivity contribution < 1.29 is 8.78 Å². The van der Waals surface area contributed by atoms with Crippen LogP contribution in [0.25, 0.3) is 0 Å². The maximum absolute atomic E-state index is 14.5. The predicted octanol–water partition coefficient (Wildman–Crippen LogP) is 4.84. The highest BCUT2D eigenvalue weighted by atomic mass is 35.5. The number of hydrogen-bond acceptors (Lipinski definition) is 2. The van der Waals surface area contributed by atoms with Crippen molar-refractivity contribution in [1.29, 1.82) is 0 Å². The molecule has 6 heteroatoms. The molecule has 0 aliphatic carbocycles. The Kier molecular flexibility index (Phi) is 3.51. The van der Waals surface area contributed by atoms with E-state index in [1.807, 2.05) is 0 Å². The van der Waals surface area contributed by atoms with Crippen molar-refractivity contribution in [1.82, 2.24) is 0 Å². The lowest BCUT2D eigenvalue weighted by Crippen LogP contribution is -2.35. The number of hydrogen-bond donors (Lipinski definition) is 0. The fourth-order valence-electron chi connectivity index (χ4n) is 2.03. The molecule has 2 nitrogen and oxygen atoms in total. The van der Waals surface area contributed by atoms with Gasteiger partial charge < -0.3 is 0 Å². The van der Waals surface area contributed by atoms with Crippen LogP contribution in [0.1, 0.15) is 11.1 Å². The molecule has 0 aromatic heterocycles. The van der Waals surface area contributed by atoms with Gasteiger partial charge in [0.25, 0.3) is 0 Å². The van der Waals surface area contributed by atoms with Crippen molar-refractivity contribution in [2.75, 3.05) is 0 Å². The van der Waals surface area contributed by atoms with Crippen molar-refractivity contribution >= 4 is 34.6 Å². The number of halogens is 4. The van der Waals surface area contributed by atoms with E-state index in [1.165, 1.54) is 48.5 Å². The van der Waals surface area contributed by atoms with Crippen molar-refractivity contribution in [3.8, 4) is 0 Å². The molecular formula is C15H8Cl2F2N2. The third-order valence-electron chi connectivity index (χ3n) is 3.08. The zero-order chi connectivity index (χ0) is 15.0. The highest BCUT2D eigenvalue weighted by molar-refractivity contribution is 6.32. The molecule has 0 radical (unpaired) electrons. The molecule has 1 aliphatic heterocycles. The predicted molar refractivity (Wildman–Crippen MR) is 80.9 cm³/mol. The van der Waals surface area contributed by atoms with Gasteiger partial charge in [0.1, 0.15) is 11.4 Å². The Morgan fingerprint density at radius 1 is 0.667 bits per heavy atom. The Hall–Kier alpha value is -1.78. The van der Waals surface area contributed by atoms with E-state index in [0.29, 0.717) is 10.0 Å². The average molecular weight is 325 g/mol. The molecule has 0 saturated carbocycles. The Bertz CT molecular complexity index is 672. The molecule has 0 N–H and O–H groups in total. The normalized spacial score (nSPS) is 16.6. The highest BCUT2D eigenvalue weighted by Crippen LogP contribution is 2.32. The largest absolute Gasteiger partial charge is 0.336 e. The lowest BCUT2D eigenvalue weighted by atomic mass is 9.97. The smallest absolute Gasteiger partial charge is 0.192 e. The third-order valence-corrected chi connectivity index (χ3v) is 3.58. The summed E-state index contributed by atoms with van der Waals surface area (Å²) in [6, 6.07) is 12.1. The summed E-state index contributed by atoms with van der Waals surface area (Å²) in [6.07, 6.45) is 0. The minimum atomic E-state index is -3.26. The van der Waals surface area contributed by atoms with Gasteiger partial charge in [0.05, 0.1) is 0 Å². The molecule has 2 aromatic rings. The summed E-state index contributed by atoms with van der Waals surface area (Å²) >= 11 is 11.5. The van der Waals surface area contributed by atoms with Gasteiger partial charge in [-0.15, -0.1) is 10.2 Å². The molecule has 3 rings (SSSR count). The van der Waals surface area contributed by atoms with Gasteiger partial charge in [-0.3, -0.25) is 0 Å². The minimum absolute atomic E-state index is 0.289. The number of rotatable bonds is 2. The van der Waals surface area contributed by atoms with Gasteiger partial charge in [0.15, 0.2) is 0 Å². The molecule has 21 heavy (non-hydrogen) atoms. The Morgan fingerprint density at radius 3 is 1.33 bits per heavy atom. The van der Waals surface area contributed by atoms with Crippen LogP contribution in [0.5, 0.6) is 0 Å². The Balaban J connectivity index is 1.96. The van der Waals surface area contributed by atoms with Gasteiger partial charge in [-0.05, 0) is 24.3 Å². The summed E-state index contributed by atoms with van der Waals surface area (Å²) in [7, 11) is 0. The fourth-order valence-corrected chi connectivity index (χ4v) is 2.28. The molecule has 0 saturated heterocycles. The molecule has 2 aromatic carbocycles. The first-order valence-electron chi connectivity index (χ1n) is 6.05. The monoisotopic (exact) mass is 324 g/mol. The summed E-state index contributed by atoms with van der Waals surface area (Å²) in [5, 5.41) is 8.24. The van der Waals surface area contributed by atoms with Gasteiger partial charge in [-0.25, -0.2) is 0 Å². The SMILES string of the molecule is FC1(F)C(c2ccc(Cl)cc2)=NN=C1c1ccc(Cl)cc1. The molecule has 0 unspecified atom stereocenters. The maximum Gasteiger partial charge on any atom is 0.336 e. The van der Waals surface area contributed by atoms with Crippen molar-refractivity contribution in [3.05, 3.63) is 69.7 Å². The average Bonchev–Trinajstić information content (AvgIpc) is 2.76. The number of nitrogens with zero attached hydrogens (tertiary/aromatic N) is 2. The Labute approximate surface area is 129 Å². The first-order chi connectivity index (χ1) is 9.98. The third kappa shape index (κ3) is 2.57. The van der Waals surface area contributed by atoms with Gasteiger partial charge in [-0.1, -0.05) is 47.5 Å². The molecule has 0 bridgehead atoms. The summed E-state index contributed by atoms with van der Waals surface area (Å²) in [6.45, 7) is 0. The first-order valence-corrected chi connectivity index (χ1v) is 6.80. The van der Waals surface area contributed by atoms with Crippen LogP contribution in [-0.2, 0) is 0 Å². The van der Waals surface area contributed by atoms with Gasteiger partial charge in [0, 0.05) is 21.2 Å². The topological polar surface area (TPSA) is 24.7 Å². The van der Waals surface area contributed by atoms with Crippen molar-refractivity contribution in [2.24, 2.45) is 10.2 Å².